The first-order valence-electron chi connectivity index (χ1n) is 5.86. The second-order valence-electron chi connectivity index (χ2n) is 4.38. The van der Waals surface area contributed by atoms with Gasteiger partial charge in [0.05, 0.1) is 7.11 Å². The zero-order valence-electron chi connectivity index (χ0n) is 11.2. The fourth-order valence-electron chi connectivity index (χ4n) is 1.61. The third kappa shape index (κ3) is 4.78. The number of halogens is 2. The van der Waals surface area contributed by atoms with E-state index in [1.54, 1.807) is 6.07 Å². The Labute approximate surface area is 117 Å². The molecule has 1 aromatic carbocycles. The van der Waals surface area contributed by atoms with Crippen molar-refractivity contribution >= 4 is 17.6 Å². The highest BCUT2D eigenvalue weighted by atomic mass is 35.5. The quantitative estimate of drug-likeness (QED) is 0.811. The van der Waals surface area contributed by atoms with E-state index in [1.165, 1.54) is 19.2 Å². The van der Waals surface area contributed by atoms with Crippen molar-refractivity contribution in [1.29, 1.82) is 0 Å². The van der Waals surface area contributed by atoms with Crippen LogP contribution in [0.3, 0.4) is 0 Å². The summed E-state index contributed by atoms with van der Waals surface area (Å²) in [5.74, 6) is -1.06. The van der Waals surface area contributed by atoms with E-state index in [1.807, 2.05) is 19.0 Å². The maximum Gasteiger partial charge on any atom is 0.327 e. The van der Waals surface area contributed by atoms with Crippen LogP contribution in [0.15, 0.2) is 18.2 Å². The normalized spacial score (nSPS) is 12.5. The van der Waals surface area contributed by atoms with Crippen molar-refractivity contribution < 1.29 is 13.9 Å². The predicted molar refractivity (Wildman–Crippen MR) is 72.7 cm³/mol. The lowest BCUT2D eigenvalue weighted by atomic mass is 10.1. The summed E-state index contributed by atoms with van der Waals surface area (Å²) in [5, 5.41) is 3.27. The summed E-state index contributed by atoms with van der Waals surface area (Å²) in [6, 6.07) is 3.38. The topological polar surface area (TPSA) is 41.6 Å². The molecule has 0 saturated heterocycles. The summed E-state index contributed by atoms with van der Waals surface area (Å²) < 4.78 is 18.5. The van der Waals surface area contributed by atoms with E-state index in [0.717, 1.165) is 6.54 Å². The van der Waals surface area contributed by atoms with Crippen LogP contribution < -0.4 is 5.32 Å². The second-order valence-corrected chi connectivity index (χ2v) is 4.82. The Morgan fingerprint density at radius 2 is 2.21 bits per heavy atom. The fourth-order valence-corrected chi connectivity index (χ4v) is 1.77. The summed E-state index contributed by atoms with van der Waals surface area (Å²) in [4.78, 5) is 13.7. The Hall–Kier alpha value is -1.17. The first kappa shape index (κ1) is 15.9. The lowest BCUT2D eigenvalue weighted by Gasteiger charge is -2.19. The number of carbonyl (C=O) groups excluding carboxylic acids is 1. The van der Waals surface area contributed by atoms with Crippen molar-refractivity contribution in [1.82, 2.24) is 10.2 Å². The molecule has 0 heterocycles. The smallest absolute Gasteiger partial charge is 0.327 e. The third-order valence-corrected chi connectivity index (χ3v) is 2.85. The molecular weight excluding hydrogens is 271 g/mol. The summed E-state index contributed by atoms with van der Waals surface area (Å²) in [7, 11) is 5.10. The van der Waals surface area contributed by atoms with E-state index in [0.29, 0.717) is 6.54 Å². The van der Waals surface area contributed by atoms with Crippen molar-refractivity contribution in [2.75, 3.05) is 34.3 Å². The van der Waals surface area contributed by atoms with Gasteiger partial charge in [-0.15, -0.1) is 0 Å². The van der Waals surface area contributed by atoms with Crippen molar-refractivity contribution in [3.63, 3.8) is 0 Å². The molecule has 19 heavy (non-hydrogen) atoms. The Kier molecular flexibility index (Phi) is 6.21. The summed E-state index contributed by atoms with van der Waals surface area (Å²) in [6.07, 6.45) is 0. The van der Waals surface area contributed by atoms with Gasteiger partial charge in [0.2, 0.25) is 0 Å². The highest BCUT2D eigenvalue weighted by Crippen LogP contribution is 2.21. The lowest BCUT2D eigenvalue weighted by Crippen LogP contribution is -2.35. The second kappa shape index (κ2) is 7.43. The average Bonchev–Trinajstić information content (AvgIpc) is 2.34. The molecule has 4 nitrogen and oxygen atoms in total. The van der Waals surface area contributed by atoms with E-state index in [9.17, 15) is 9.18 Å². The van der Waals surface area contributed by atoms with Crippen LogP contribution in [-0.4, -0.2) is 45.2 Å². The van der Waals surface area contributed by atoms with Gasteiger partial charge < -0.3 is 9.64 Å². The van der Waals surface area contributed by atoms with Crippen LogP contribution in [0.2, 0.25) is 5.02 Å². The molecule has 0 aromatic heterocycles. The van der Waals surface area contributed by atoms with Gasteiger partial charge >= 0.3 is 5.97 Å². The molecule has 0 fully saturated rings. The summed E-state index contributed by atoms with van der Waals surface area (Å²) >= 11 is 5.70. The standard InChI is InChI=1S/C13H18ClFN2O2/c1-17(2)7-6-16-12(13(18)19-3)10-5-4-9(14)8-11(10)15/h4-5,8,12,16H,6-7H2,1-3H3. The number of nitrogens with one attached hydrogen (secondary N) is 1. The molecule has 1 N–H and O–H groups in total. The van der Waals surface area contributed by atoms with E-state index in [2.05, 4.69) is 5.32 Å². The van der Waals surface area contributed by atoms with Crippen LogP contribution in [0, 0.1) is 5.82 Å². The van der Waals surface area contributed by atoms with Gasteiger partial charge in [0, 0.05) is 23.7 Å². The molecule has 0 aliphatic rings. The van der Waals surface area contributed by atoms with Crippen LogP contribution in [0.25, 0.3) is 0 Å². The number of hydrogen-bond acceptors (Lipinski definition) is 4. The maximum absolute atomic E-state index is 13.8. The minimum atomic E-state index is -0.831. The summed E-state index contributed by atoms with van der Waals surface area (Å²) in [5.41, 5.74) is 0.231. The number of methoxy groups -OCH3 is 1. The number of hydrogen-bond donors (Lipinski definition) is 1. The van der Waals surface area contributed by atoms with E-state index in [-0.39, 0.29) is 10.6 Å². The van der Waals surface area contributed by atoms with E-state index >= 15 is 0 Å². The van der Waals surface area contributed by atoms with Crippen LogP contribution in [-0.2, 0) is 9.53 Å². The Morgan fingerprint density at radius 1 is 1.53 bits per heavy atom. The maximum atomic E-state index is 13.8. The molecule has 0 bridgehead atoms. The Balaban J connectivity index is 2.87. The van der Waals surface area contributed by atoms with Crippen LogP contribution in [0.4, 0.5) is 4.39 Å². The highest BCUT2D eigenvalue weighted by molar-refractivity contribution is 6.30. The van der Waals surface area contributed by atoms with Gasteiger partial charge in [-0.25, -0.2) is 9.18 Å². The molecular formula is C13H18ClFN2O2. The number of benzene rings is 1. The third-order valence-electron chi connectivity index (χ3n) is 2.62. The number of carbonyl (C=O) groups is 1. The zero-order valence-corrected chi connectivity index (χ0v) is 12.0. The van der Waals surface area contributed by atoms with Crippen LogP contribution >= 0.6 is 11.6 Å². The van der Waals surface area contributed by atoms with Gasteiger partial charge in [0.1, 0.15) is 11.9 Å². The van der Waals surface area contributed by atoms with Gasteiger partial charge in [-0.1, -0.05) is 17.7 Å². The van der Waals surface area contributed by atoms with Gasteiger partial charge in [-0.2, -0.15) is 0 Å². The SMILES string of the molecule is COC(=O)C(NCCN(C)C)c1ccc(Cl)cc1F. The van der Waals surface area contributed by atoms with Crippen molar-refractivity contribution in [3.05, 3.63) is 34.6 Å². The molecule has 1 atom stereocenters. The first-order chi connectivity index (χ1) is 8.95. The van der Waals surface area contributed by atoms with Gasteiger partial charge in [-0.3, -0.25) is 5.32 Å². The molecule has 0 aliphatic carbocycles. The predicted octanol–water partition coefficient (Wildman–Crippen LogP) is 1.84. The van der Waals surface area contributed by atoms with Crippen molar-refractivity contribution in [2.45, 2.75) is 6.04 Å². The summed E-state index contributed by atoms with van der Waals surface area (Å²) in [6.45, 7) is 1.26. The van der Waals surface area contributed by atoms with Gasteiger partial charge in [0.25, 0.3) is 0 Å². The molecule has 1 rings (SSSR count). The number of nitrogens with zero attached hydrogens (tertiary/aromatic N) is 1. The number of likely N-dealkylation sites (N-methyl/N-ethyl adjacent to an activating group) is 1. The largest absolute Gasteiger partial charge is 0.468 e. The molecule has 106 valence electrons. The molecule has 0 amide bonds. The zero-order chi connectivity index (χ0) is 14.4. The monoisotopic (exact) mass is 288 g/mol. The van der Waals surface area contributed by atoms with Crippen molar-refractivity contribution in [3.8, 4) is 0 Å². The molecule has 0 spiro atoms. The first-order valence-corrected chi connectivity index (χ1v) is 6.24. The van der Waals surface area contributed by atoms with E-state index in [4.69, 9.17) is 16.3 Å². The molecule has 1 aromatic rings. The van der Waals surface area contributed by atoms with Crippen LogP contribution in [0.1, 0.15) is 11.6 Å². The van der Waals surface area contributed by atoms with Gasteiger partial charge in [-0.05, 0) is 26.2 Å². The lowest BCUT2D eigenvalue weighted by molar-refractivity contribution is -0.143. The van der Waals surface area contributed by atoms with Gasteiger partial charge in [0.15, 0.2) is 0 Å². The number of esters is 1. The number of ether oxygens (including phenoxy) is 1. The highest BCUT2D eigenvalue weighted by Gasteiger charge is 2.23. The molecule has 0 aliphatic heterocycles. The van der Waals surface area contributed by atoms with E-state index < -0.39 is 17.8 Å². The Bertz CT molecular complexity index is 441. The molecule has 1 unspecified atom stereocenters. The van der Waals surface area contributed by atoms with Crippen LogP contribution in [0.5, 0.6) is 0 Å². The fraction of sp³-hybridized carbons (Fsp3) is 0.462. The molecule has 0 radical (unpaired) electrons. The average molecular weight is 289 g/mol. The molecule has 0 saturated carbocycles. The Morgan fingerprint density at radius 3 is 2.74 bits per heavy atom. The minimum absolute atomic E-state index is 0.231. The minimum Gasteiger partial charge on any atom is -0.468 e. The molecule has 6 heteroatoms. The number of rotatable bonds is 6. The van der Waals surface area contributed by atoms with Crippen molar-refractivity contribution in [2.24, 2.45) is 0 Å².